The summed E-state index contributed by atoms with van der Waals surface area (Å²) in [6, 6.07) is 37.1. The van der Waals surface area contributed by atoms with E-state index in [1.165, 1.54) is 179 Å². The number of unbranched alkanes of at least 4 members (excludes halogenated alkanes) is 26. The lowest BCUT2D eigenvalue weighted by Crippen LogP contribution is -2.08. The van der Waals surface area contributed by atoms with E-state index in [0.717, 1.165) is 37.2 Å². The minimum atomic E-state index is -0.511. The first-order valence-electron chi connectivity index (χ1n) is 31.5. The molecule has 6 aromatic rings. The van der Waals surface area contributed by atoms with Crippen molar-refractivity contribution in [3.8, 4) is 23.0 Å². The van der Waals surface area contributed by atoms with Gasteiger partial charge in [-0.2, -0.15) is 0 Å². The predicted octanol–water partition coefficient (Wildman–Crippen LogP) is 21.2. The van der Waals surface area contributed by atoms with Crippen LogP contribution in [0.5, 0.6) is 23.0 Å². The van der Waals surface area contributed by atoms with Gasteiger partial charge in [-0.15, -0.1) is 0 Å². The molecule has 0 aliphatic heterocycles. The number of esters is 2. The standard InChI is InChI=1S/C73H92F2N2O6/c1-3-5-7-9-11-13-15-17-19-21-23-25-27-29-51-80-64-45-37-62(38-46-64)72(78)82-66-41-31-58(32-42-66)56-76-70-49-35-60(54-68(70)74)53-61-36-50-71(69(75)55-61)77-57-59-33-43-67(44-34-59)83-73(79)63-39-47-65(48-40-63)81-52-30-28-26-24-22-20-18-16-14-12-10-8-6-4-2/h31-50,54-57H,3-30,51-53H2,1-2H3. The van der Waals surface area contributed by atoms with E-state index in [0.29, 0.717) is 64.5 Å². The first-order valence-corrected chi connectivity index (χ1v) is 31.5. The molecule has 8 nitrogen and oxygen atoms in total. The average Bonchev–Trinajstić information content (AvgIpc) is 3.57. The Morgan fingerprint density at radius 3 is 0.952 bits per heavy atom. The van der Waals surface area contributed by atoms with Crippen molar-refractivity contribution in [2.24, 2.45) is 9.98 Å². The molecule has 0 aromatic heterocycles. The molecule has 0 fully saturated rings. The van der Waals surface area contributed by atoms with Crippen LogP contribution in [0.25, 0.3) is 0 Å². The molecule has 0 saturated carbocycles. The molecule has 6 rings (SSSR count). The van der Waals surface area contributed by atoms with E-state index in [2.05, 4.69) is 23.8 Å². The van der Waals surface area contributed by atoms with Gasteiger partial charge in [0.2, 0.25) is 0 Å². The molecule has 0 heterocycles. The first kappa shape index (κ1) is 65.2. The lowest BCUT2D eigenvalue weighted by atomic mass is 10.0. The van der Waals surface area contributed by atoms with E-state index in [1.54, 1.807) is 121 Å². The first-order chi connectivity index (χ1) is 40.8. The fourth-order valence-corrected chi connectivity index (χ4v) is 9.98. The molecule has 0 radical (unpaired) electrons. The summed E-state index contributed by atoms with van der Waals surface area (Å²) in [5.41, 5.74) is 3.84. The van der Waals surface area contributed by atoms with Crippen LogP contribution in [0.1, 0.15) is 237 Å². The van der Waals surface area contributed by atoms with Crippen molar-refractivity contribution in [3.05, 3.63) is 178 Å². The minimum absolute atomic E-state index is 0.152. The van der Waals surface area contributed by atoms with E-state index >= 15 is 8.78 Å². The van der Waals surface area contributed by atoms with Crippen LogP contribution in [0.3, 0.4) is 0 Å². The molecule has 10 heteroatoms. The maximum absolute atomic E-state index is 15.2. The number of ether oxygens (including phenoxy) is 4. The van der Waals surface area contributed by atoms with Gasteiger partial charge in [0.1, 0.15) is 34.6 Å². The van der Waals surface area contributed by atoms with Crippen LogP contribution in [0, 0.1) is 11.6 Å². The van der Waals surface area contributed by atoms with E-state index in [9.17, 15) is 9.59 Å². The molecular weight excluding hydrogens is 1040 g/mol. The van der Waals surface area contributed by atoms with Gasteiger partial charge in [0.15, 0.2) is 0 Å². The van der Waals surface area contributed by atoms with Crippen molar-refractivity contribution in [3.63, 3.8) is 0 Å². The molecule has 6 aromatic carbocycles. The lowest BCUT2D eigenvalue weighted by molar-refractivity contribution is 0.0725. The number of hydrogen-bond donors (Lipinski definition) is 0. The summed E-state index contributed by atoms with van der Waals surface area (Å²) in [6.07, 6.45) is 40.2. The van der Waals surface area contributed by atoms with Crippen molar-refractivity contribution in [1.29, 1.82) is 0 Å². The van der Waals surface area contributed by atoms with Gasteiger partial charge in [-0.3, -0.25) is 9.98 Å². The number of hydrogen-bond acceptors (Lipinski definition) is 8. The van der Waals surface area contributed by atoms with E-state index < -0.39 is 23.6 Å². The highest BCUT2D eigenvalue weighted by Crippen LogP contribution is 2.26. The number of carbonyl (C=O) groups excluding carboxylic acids is 2. The summed E-state index contributed by atoms with van der Waals surface area (Å²) >= 11 is 0. The molecule has 0 bridgehead atoms. The summed E-state index contributed by atoms with van der Waals surface area (Å²) in [5, 5.41) is 0. The predicted molar refractivity (Wildman–Crippen MR) is 337 cm³/mol. The summed E-state index contributed by atoms with van der Waals surface area (Å²) in [7, 11) is 0. The van der Waals surface area contributed by atoms with Gasteiger partial charge in [0.25, 0.3) is 0 Å². The normalized spacial score (nSPS) is 11.4. The SMILES string of the molecule is CCCCCCCCCCCCCCCCOc1ccc(C(=O)Oc2ccc(C=Nc3ccc(Cc4ccc(N=Cc5ccc(OC(=O)c6ccc(OCCCCCCCCCCCCCCCC)cc6)cc5)c(F)c4)cc3F)cc2)cc1. The molecule has 0 aliphatic carbocycles. The van der Waals surface area contributed by atoms with Gasteiger partial charge in [-0.1, -0.05) is 193 Å². The monoisotopic (exact) mass is 1130 g/mol. The van der Waals surface area contributed by atoms with Gasteiger partial charge < -0.3 is 18.9 Å². The maximum Gasteiger partial charge on any atom is 0.343 e. The summed E-state index contributed by atoms with van der Waals surface area (Å²) < 4.78 is 53.5. The van der Waals surface area contributed by atoms with E-state index in [4.69, 9.17) is 18.9 Å². The van der Waals surface area contributed by atoms with Gasteiger partial charge in [0.05, 0.1) is 35.7 Å². The summed E-state index contributed by atoms with van der Waals surface area (Å²) in [6.45, 7) is 5.85. The third kappa shape index (κ3) is 26.5. The Hall–Kier alpha value is -6.94. The van der Waals surface area contributed by atoms with Gasteiger partial charge >= 0.3 is 11.9 Å². The molecule has 0 N–H and O–H groups in total. The number of halogens is 2. The van der Waals surface area contributed by atoms with Gasteiger partial charge in [-0.05, 0) is 163 Å². The Balaban J connectivity index is 0.828. The molecule has 444 valence electrons. The smallest absolute Gasteiger partial charge is 0.343 e. The zero-order valence-corrected chi connectivity index (χ0v) is 49.9. The second-order valence-corrected chi connectivity index (χ2v) is 22.1. The summed E-state index contributed by atoms with van der Waals surface area (Å²) in [5.74, 6) is 0.223. The van der Waals surface area contributed by atoms with Crippen LogP contribution in [-0.4, -0.2) is 37.6 Å². The zero-order valence-electron chi connectivity index (χ0n) is 49.9. The summed E-state index contributed by atoms with van der Waals surface area (Å²) in [4.78, 5) is 34.4. The second kappa shape index (κ2) is 39.5. The molecular formula is C73H92F2N2O6. The fourth-order valence-electron chi connectivity index (χ4n) is 9.98. The molecule has 0 spiro atoms. The van der Waals surface area contributed by atoms with Crippen molar-refractivity contribution in [2.45, 2.75) is 200 Å². The lowest BCUT2D eigenvalue weighted by Gasteiger charge is -2.08. The largest absolute Gasteiger partial charge is 0.494 e. The molecule has 0 saturated heterocycles. The van der Waals surface area contributed by atoms with Gasteiger partial charge in [-0.25, -0.2) is 18.4 Å². The maximum atomic E-state index is 15.2. The Bertz CT molecular complexity index is 2620. The number of carbonyl (C=O) groups is 2. The molecule has 0 atom stereocenters. The Kier molecular flexibility index (Phi) is 31.1. The van der Waals surface area contributed by atoms with E-state index in [1.807, 2.05) is 0 Å². The van der Waals surface area contributed by atoms with Crippen LogP contribution in [-0.2, 0) is 6.42 Å². The van der Waals surface area contributed by atoms with Crippen LogP contribution < -0.4 is 18.9 Å². The number of aliphatic imine (C=N–C) groups is 2. The number of nitrogens with zero attached hydrogens (tertiary/aromatic N) is 2. The Labute approximate surface area is 495 Å². The Morgan fingerprint density at radius 2 is 0.651 bits per heavy atom. The van der Waals surface area contributed by atoms with Crippen LogP contribution >= 0.6 is 0 Å². The fraction of sp³-hybridized carbons (Fsp3) is 0.452. The van der Waals surface area contributed by atoms with Crippen molar-refractivity contribution in [1.82, 2.24) is 0 Å². The highest BCUT2D eigenvalue weighted by molar-refractivity contribution is 5.92. The van der Waals surface area contributed by atoms with Crippen LogP contribution in [0.2, 0.25) is 0 Å². The zero-order chi connectivity index (χ0) is 58.4. The average molecular weight is 1130 g/mol. The van der Waals surface area contributed by atoms with Crippen LogP contribution in [0.4, 0.5) is 20.2 Å². The van der Waals surface area contributed by atoms with Crippen molar-refractivity contribution < 1.29 is 37.3 Å². The number of rotatable bonds is 42. The van der Waals surface area contributed by atoms with Gasteiger partial charge in [0, 0.05) is 12.4 Å². The van der Waals surface area contributed by atoms with Crippen molar-refractivity contribution >= 4 is 35.7 Å². The van der Waals surface area contributed by atoms with E-state index in [-0.39, 0.29) is 11.4 Å². The third-order valence-electron chi connectivity index (χ3n) is 15.0. The Morgan fingerprint density at radius 1 is 0.361 bits per heavy atom. The topological polar surface area (TPSA) is 95.8 Å². The van der Waals surface area contributed by atoms with Crippen LogP contribution in [0.15, 0.2) is 143 Å². The highest BCUT2D eigenvalue weighted by atomic mass is 19.1. The third-order valence-corrected chi connectivity index (χ3v) is 15.0. The molecule has 0 aliphatic rings. The molecule has 0 amide bonds. The quantitative estimate of drug-likeness (QED) is 0.0164. The minimum Gasteiger partial charge on any atom is -0.494 e. The second-order valence-electron chi connectivity index (χ2n) is 22.1. The molecule has 0 unspecified atom stereocenters. The highest BCUT2D eigenvalue weighted by Gasteiger charge is 2.12. The molecule has 83 heavy (non-hydrogen) atoms. The number of benzene rings is 6. The van der Waals surface area contributed by atoms with Crippen molar-refractivity contribution in [2.75, 3.05) is 13.2 Å².